The maximum Gasteiger partial charge on any atom is 0.269 e. The highest BCUT2D eigenvalue weighted by molar-refractivity contribution is 5.94. The van der Waals surface area contributed by atoms with Crippen LogP contribution in [0.1, 0.15) is 35.3 Å². The van der Waals surface area contributed by atoms with Crippen molar-refractivity contribution in [1.29, 1.82) is 0 Å². The van der Waals surface area contributed by atoms with E-state index < -0.39 is 4.92 Å². The van der Waals surface area contributed by atoms with Crippen LogP contribution in [0.25, 0.3) is 0 Å². The molecule has 7 heteroatoms. The molecule has 2 aromatic carbocycles. The van der Waals surface area contributed by atoms with E-state index in [9.17, 15) is 19.7 Å². The van der Waals surface area contributed by atoms with Gasteiger partial charge in [0.15, 0.2) is 0 Å². The Balaban J connectivity index is 1.89. The first kappa shape index (κ1) is 19.1. The lowest BCUT2D eigenvalue weighted by Crippen LogP contribution is -2.33. The van der Waals surface area contributed by atoms with Crippen molar-refractivity contribution in [3.63, 3.8) is 0 Å². The lowest BCUT2D eigenvalue weighted by Gasteiger charge is -2.25. The summed E-state index contributed by atoms with van der Waals surface area (Å²) < 4.78 is 0. The number of nitro benzene ring substituents is 1. The Labute approximate surface area is 151 Å². The summed E-state index contributed by atoms with van der Waals surface area (Å²) in [4.78, 5) is 36.2. The number of carbonyl (C=O) groups is 2. The van der Waals surface area contributed by atoms with Gasteiger partial charge in [0.25, 0.3) is 11.6 Å². The molecule has 0 aromatic heterocycles. The quantitative estimate of drug-likeness (QED) is 0.610. The standard InChI is InChI=1S/C19H21N3O4/c1-14(16-9-6-10-17(13-16)22(25)26)21(2)18(23)11-12-20-19(24)15-7-4-3-5-8-15/h3-10,13-14H,11-12H2,1-2H3,(H,20,24)/t14-/m1/s1. The molecule has 0 radical (unpaired) electrons. The van der Waals surface area contributed by atoms with E-state index in [1.807, 2.05) is 6.07 Å². The number of nitrogens with zero attached hydrogens (tertiary/aromatic N) is 2. The van der Waals surface area contributed by atoms with Crippen LogP contribution in [0, 0.1) is 10.1 Å². The van der Waals surface area contributed by atoms with Gasteiger partial charge in [-0.15, -0.1) is 0 Å². The third-order valence-corrected chi connectivity index (χ3v) is 4.20. The first-order valence-corrected chi connectivity index (χ1v) is 8.23. The van der Waals surface area contributed by atoms with E-state index in [0.717, 1.165) is 0 Å². The van der Waals surface area contributed by atoms with Gasteiger partial charge in [0, 0.05) is 37.7 Å². The number of nitro groups is 1. The molecular formula is C19H21N3O4. The van der Waals surface area contributed by atoms with E-state index in [-0.39, 0.29) is 36.5 Å². The van der Waals surface area contributed by atoms with Gasteiger partial charge < -0.3 is 10.2 Å². The van der Waals surface area contributed by atoms with Gasteiger partial charge in [-0.05, 0) is 24.6 Å². The maximum atomic E-state index is 12.3. The van der Waals surface area contributed by atoms with Crippen molar-refractivity contribution in [1.82, 2.24) is 10.2 Å². The summed E-state index contributed by atoms with van der Waals surface area (Å²) in [6, 6.07) is 14.7. The van der Waals surface area contributed by atoms with Crippen LogP contribution in [-0.4, -0.2) is 35.2 Å². The Morgan fingerprint density at radius 3 is 2.50 bits per heavy atom. The van der Waals surface area contributed by atoms with Gasteiger partial charge in [-0.3, -0.25) is 19.7 Å². The number of amides is 2. The molecule has 0 heterocycles. The summed E-state index contributed by atoms with van der Waals surface area (Å²) in [7, 11) is 1.64. The fraction of sp³-hybridized carbons (Fsp3) is 0.263. The van der Waals surface area contributed by atoms with Crippen molar-refractivity contribution in [3.8, 4) is 0 Å². The zero-order chi connectivity index (χ0) is 19.1. The molecule has 0 aliphatic heterocycles. The minimum atomic E-state index is -0.461. The predicted octanol–water partition coefficient (Wildman–Crippen LogP) is 2.93. The fourth-order valence-corrected chi connectivity index (χ4v) is 2.49. The maximum absolute atomic E-state index is 12.3. The van der Waals surface area contributed by atoms with Crippen molar-refractivity contribution >= 4 is 17.5 Å². The summed E-state index contributed by atoms with van der Waals surface area (Å²) in [6.45, 7) is 2.03. The molecule has 1 N–H and O–H groups in total. The molecule has 0 aliphatic carbocycles. The summed E-state index contributed by atoms with van der Waals surface area (Å²) in [5.74, 6) is -0.384. The molecule has 0 bridgehead atoms. The smallest absolute Gasteiger partial charge is 0.269 e. The molecule has 0 aliphatic rings. The Kier molecular flexibility index (Phi) is 6.43. The number of benzene rings is 2. The van der Waals surface area contributed by atoms with Gasteiger partial charge in [0.2, 0.25) is 5.91 Å². The number of carbonyl (C=O) groups excluding carboxylic acids is 2. The van der Waals surface area contributed by atoms with Crippen LogP contribution in [0.2, 0.25) is 0 Å². The molecule has 0 unspecified atom stereocenters. The van der Waals surface area contributed by atoms with E-state index in [2.05, 4.69) is 5.32 Å². The van der Waals surface area contributed by atoms with Crippen molar-refractivity contribution in [3.05, 3.63) is 75.8 Å². The van der Waals surface area contributed by atoms with Crippen LogP contribution >= 0.6 is 0 Å². The van der Waals surface area contributed by atoms with E-state index in [1.165, 1.54) is 17.0 Å². The average Bonchev–Trinajstić information content (AvgIpc) is 2.67. The number of nitrogens with one attached hydrogen (secondary N) is 1. The lowest BCUT2D eigenvalue weighted by atomic mass is 10.1. The number of non-ortho nitro benzene ring substituents is 1. The number of rotatable bonds is 7. The third kappa shape index (κ3) is 4.89. The Morgan fingerprint density at radius 1 is 1.15 bits per heavy atom. The molecule has 7 nitrogen and oxygen atoms in total. The molecule has 0 fully saturated rings. The fourth-order valence-electron chi connectivity index (χ4n) is 2.49. The van der Waals surface area contributed by atoms with Crippen LogP contribution < -0.4 is 5.32 Å². The van der Waals surface area contributed by atoms with Gasteiger partial charge in [-0.25, -0.2) is 0 Å². The predicted molar refractivity (Wildman–Crippen MR) is 97.7 cm³/mol. The molecule has 136 valence electrons. The van der Waals surface area contributed by atoms with E-state index in [4.69, 9.17) is 0 Å². The van der Waals surface area contributed by atoms with E-state index in [0.29, 0.717) is 11.1 Å². The molecule has 0 spiro atoms. The second kappa shape index (κ2) is 8.75. The monoisotopic (exact) mass is 355 g/mol. The SMILES string of the molecule is C[C@H](c1cccc([N+](=O)[O-])c1)N(C)C(=O)CCNC(=O)c1ccccc1. The molecule has 1 atom stereocenters. The van der Waals surface area contributed by atoms with Crippen molar-refractivity contribution in [2.75, 3.05) is 13.6 Å². The molecule has 26 heavy (non-hydrogen) atoms. The summed E-state index contributed by atoms with van der Waals surface area (Å²) in [6.07, 6.45) is 0.147. The molecule has 0 saturated carbocycles. The van der Waals surface area contributed by atoms with Crippen LogP contribution in [0.4, 0.5) is 5.69 Å². The Morgan fingerprint density at radius 2 is 1.85 bits per heavy atom. The van der Waals surface area contributed by atoms with Crippen molar-refractivity contribution < 1.29 is 14.5 Å². The molecule has 2 aromatic rings. The highest BCUT2D eigenvalue weighted by Crippen LogP contribution is 2.23. The second-order valence-electron chi connectivity index (χ2n) is 5.90. The normalized spacial score (nSPS) is 11.5. The summed E-state index contributed by atoms with van der Waals surface area (Å²) in [5.41, 5.74) is 1.21. The average molecular weight is 355 g/mol. The minimum absolute atomic E-state index is 0.00896. The van der Waals surface area contributed by atoms with Gasteiger partial charge in [-0.1, -0.05) is 30.3 Å². The van der Waals surface area contributed by atoms with Crippen molar-refractivity contribution in [2.45, 2.75) is 19.4 Å². The zero-order valence-corrected chi connectivity index (χ0v) is 14.7. The highest BCUT2D eigenvalue weighted by atomic mass is 16.6. The first-order chi connectivity index (χ1) is 12.4. The Bertz CT molecular complexity index is 792. The van der Waals surface area contributed by atoms with Gasteiger partial charge in [-0.2, -0.15) is 0 Å². The van der Waals surface area contributed by atoms with Gasteiger partial charge in [0.1, 0.15) is 0 Å². The molecule has 2 amide bonds. The minimum Gasteiger partial charge on any atom is -0.352 e. The summed E-state index contributed by atoms with van der Waals surface area (Å²) >= 11 is 0. The molecule has 2 rings (SSSR count). The second-order valence-corrected chi connectivity index (χ2v) is 5.90. The third-order valence-electron chi connectivity index (χ3n) is 4.20. The largest absolute Gasteiger partial charge is 0.352 e. The first-order valence-electron chi connectivity index (χ1n) is 8.23. The van der Waals surface area contributed by atoms with Crippen molar-refractivity contribution in [2.24, 2.45) is 0 Å². The van der Waals surface area contributed by atoms with Gasteiger partial charge in [0.05, 0.1) is 11.0 Å². The number of hydrogen-bond acceptors (Lipinski definition) is 4. The Hall–Kier alpha value is -3.22. The van der Waals surface area contributed by atoms with Crippen LogP contribution in [0.15, 0.2) is 54.6 Å². The van der Waals surface area contributed by atoms with E-state index in [1.54, 1.807) is 50.4 Å². The lowest BCUT2D eigenvalue weighted by molar-refractivity contribution is -0.384. The number of hydrogen-bond donors (Lipinski definition) is 1. The highest BCUT2D eigenvalue weighted by Gasteiger charge is 2.19. The van der Waals surface area contributed by atoms with Crippen LogP contribution in [-0.2, 0) is 4.79 Å². The van der Waals surface area contributed by atoms with Crippen LogP contribution in [0.3, 0.4) is 0 Å². The molecule has 0 saturated heterocycles. The van der Waals surface area contributed by atoms with Crippen LogP contribution in [0.5, 0.6) is 0 Å². The topological polar surface area (TPSA) is 92.6 Å². The van der Waals surface area contributed by atoms with E-state index >= 15 is 0 Å². The zero-order valence-electron chi connectivity index (χ0n) is 14.7. The summed E-state index contributed by atoms with van der Waals surface area (Å²) in [5, 5.41) is 13.6. The van der Waals surface area contributed by atoms with Gasteiger partial charge >= 0.3 is 0 Å². The molecular weight excluding hydrogens is 334 g/mol.